The maximum Gasteiger partial charge on any atom is 0.139 e. The van der Waals surface area contributed by atoms with Crippen molar-refractivity contribution in [1.29, 1.82) is 0 Å². The van der Waals surface area contributed by atoms with E-state index >= 15 is 4.39 Å². The van der Waals surface area contributed by atoms with Crippen LogP contribution < -0.4 is 16.0 Å². The first-order valence-corrected chi connectivity index (χ1v) is 13.5. The molecule has 4 N–H and O–H groups in total. The summed E-state index contributed by atoms with van der Waals surface area (Å²) in [6, 6.07) is 12.4. The summed E-state index contributed by atoms with van der Waals surface area (Å²) in [5.74, 6) is 0.00721. The van der Waals surface area contributed by atoms with Gasteiger partial charge in [0.15, 0.2) is 0 Å². The number of hydrogen-bond donors (Lipinski definition) is 4. The van der Waals surface area contributed by atoms with E-state index in [1.54, 1.807) is 24.5 Å². The van der Waals surface area contributed by atoms with Crippen LogP contribution in [0.25, 0.3) is 22.3 Å². The second-order valence-electron chi connectivity index (χ2n) is 10.6. The first kappa shape index (κ1) is 24.5. The van der Waals surface area contributed by atoms with Crippen molar-refractivity contribution < 1.29 is 8.78 Å². The quantitative estimate of drug-likeness (QED) is 0.233. The van der Waals surface area contributed by atoms with Crippen LogP contribution in [0.3, 0.4) is 0 Å². The molecule has 1 atom stereocenters. The van der Waals surface area contributed by atoms with Crippen molar-refractivity contribution in [3.05, 3.63) is 124 Å². The molecule has 8 heteroatoms. The van der Waals surface area contributed by atoms with E-state index in [0.29, 0.717) is 41.2 Å². The fourth-order valence-corrected chi connectivity index (χ4v) is 5.52. The summed E-state index contributed by atoms with van der Waals surface area (Å²) in [6.45, 7) is 5.22. The molecule has 1 fully saturated rings. The lowest BCUT2D eigenvalue weighted by Crippen LogP contribution is -2.12. The molecule has 0 radical (unpaired) electrons. The summed E-state index contributed by atoms with van der Waals surface area (Å²) in [7, 11) is 0. The molecule has 0 bridgehead atoms. The lowest BCUT2D eigenvalue weighted by molar-refractivity contribution is 0.623. The molecule has 4 aromatic rings. The lowest BCUT2D eigenvalue weighted by Gasteiger charge is -2.15. The number of imidazole rings is 1. The van der Waals surface area contributed by atoms with Gasteiger partial charge in [0, 0.05) is 65.1 Å². The molecule has 1 saturated heterocycles. The number of anilines is 1. The van der Waals surface area contributed by atoms with Crippen molar-refractivity contribution in [3.8, 4) is 11.1 Å². The SMILES string of the molecule is CC(C)Nc1cncc(-c2ccc3c(c2F)C(c2nc4c([nH]2)C2NC2=CC=C4c2ccc(F)cc2)=CCNC3)c1. The van der Waals surface area contributed by atoms with Crippen molar-refractivity contribution in [1.82, 2.24) is 25.6 Å². The van der Waals surface area contributed by atoms with Gasteiger partial charge in [-0.2, -0.15) is 0 Å². The van der Waals surface area contributed by atoms with E-state index in [4.69, 9.17) is 4.98 Å². The fraction of sp³-hybridized carbons (Fsp3) is 0.188. The Morgan fingerprint density at radius 2 is 1.82 bits per heavy atom. The Labute approximate surface area is 231 Å². The van der Waals surface area contributed by atoms with Gasteiger partial charge >= 0.3 is 0 Å². The number of H-pyrrole nitrogens is 1. The first-order valence-electron chi connectivity index (χ1n) is 13.5. The van der Waals surface area contributed by atoms with Gasteiger partial charge < -0.3 is 20.9 Å². The molecular weight excluding hydrogens is 506 g/mol. The van der Waals surface area contributed by atoms with Crippen LogP contribution in [0.1, 0.15) is 53.8 Å². The average Bonchev–Trinajstić information content (AvgIpc) is 3.66. The number of fused-ring (bicyclic) bond motifs is 4. The van der Waals surface area contributed by atoms with Gasteiger partial charge in [0.1, 0.15) is 23.5 Å². The van der Waals surface area contributed by atoms with Crippen LogP contribution in [-0.2, 0) is 6.54 Å². The third-order valence-corrected chi connectivity index (χ3v) is 7.42. The van der Waals surface area contributed by atoms with E-state index in [1.807, 2.05) is 36.4 Å². The number of nitrogens with zero attached hydrogens (tertiary/aromatic N) is 2. The minimum atomic E-state index is -0.304. The molecule has 1 aliphatic carbocycles. The van der Waals surface area contributed by atoms with Crippen molar-refractivity contribution >= 4 is 16.8 Å². The highest BCUT2D eigenvalue weighted by Crippen LogP contribution is 2.43. The Kier molecular flexibility index (Phi) is 5.86. The van der Waals surface area contributed by atoms with Crippen LogP contribution in [-0.4, -0.2) is 27.5 Å². The Hall–Kier alpha value is -4.56. The number of halogens is 2. The number of aromatic nitrogens is 3. The zero-order valence-electron chi connectivity index (χ0n) is 22.1. The second-order valence-corrected chi connectivity index (χ2v) is 10.6. The highest BCUT2D eigenvalue weighted by molar-refractivity contribution is 5.87. The minimum absolute atomic E-state index is 0.0212. The largest absolute Gasteiger partial charge is 0.382 e. The predicted molar refractivity (Wildman–Crippen MR) is 153 cm³/mol. The van der Waals surface area contributed by atoms with Gasteiger partial charge in [-0.1, -0.05) is 36.4 Å². The van der Waals surface area contributed by atoms with Gasteiger partial charge in [-0.3, -0.25) is 4.98 Å². The third kappa shape index (κ3) is 4.30. The Morgan fingerprint density at radius 3 is 2.65 bits per heavy atom. The van der Waals surface area contributed by atoms with Crippen LogP contribution >= 0.6 is 0 Å². The number of hydrogen-bond acceptors (Lipinski definition) is 5. The Balaban J connectivity index is 1.34. The summed E-state index contributed by atoms with van der Waals surface area (Å²) in [5.41, 5.74) is 8.67. The van der Waals surface area contributed by atoms with Gasteiger partial charge in [0.25, 0.3) is 0 Å². The van der Waals surface area contributed by atoms with Gasteiger partial charge in [0.05, 0.1) is 17.1 Å². The third-order valence-electron chi connectivity index (χ3n) is 7.42. The molecule has 0 amide bonds. The topological polar surface area (TPSA) is 87.6 Å². The zero-order valence-corrected chi connectivity index (χ0v) is 22.1. The van der Waals surface area contributed by atoms with E-state index in [9.17, 15) is 4.39 Å². The molecule has 0 saturated carbocycles. The van der Waals surface area contributed by atoms with Crippen LogP contribution in [0.2, 0.25) is 0 Å². The Bertz CT molecular complexity index is 1730. The first-order chi connectivity index (χ1) is 19.5. The summed E-state index contributed by atoms with van der Waals surface area (Å²) in [4.78, 5) is 12.9. The fourth-order valence-electron chi connectivity index (χ4n) is 5.52. The van der Waals surface area contributed by atoms with Gasteiger partial charge in [-0.15, -0.1) is 0 Å². The highest BCUT2D eigenvalue weighted by Gasteiger charge is 2.37. The van der Waals surface area contributed by atoms with Crippen molar-refractivity contribution in [2.45, 2.75) is 32.5 Å². The van der Waals surface area contributed by atoms with Crippen molar-refractivity contribution in [3.63, 3.8) is 0 Å². The minimum Gasteiger partial charge on any atom is -0.382 e. The molecule has 7 rings (SSSR count). The Morgan fingerprint density at radius 1 is 0.975 bits per heavy atom. The summed E-state index contributed by atoms with van der Waals surface area (Å²) < 4.78 is 30.2. The molecule has 4 heterocycles. The lowest BCUT2D eigenvalue weighted by atomic mass is 9.93. The average molecular weight is 535 g/mol. The zero-order chi connectivity index (χ0) is 27.4. The second kappa shape index (κ2) is 9.57. The van der Waals surface area contributed by atoms with E-state index in [-0.39, 0.29) is 23.7 Å². The molecule has 2 aromatic carbocycles. The number of nitrogens with one attached hydrogen (secondary N) is 4. The van der Waals surface area contributed by atoms with Crippen LogP contribution in [0, 0.1) is 11.6 Å². The smallest absolute Gasteiger partial charge is 0.139 e. The van der Waals surface area contributed by atoms with Gasteiger partial charge in [-0.25, -0.2) is 13.8 Å². The van der Waals surface area contributed by atoms with E-state index in [0.717, 1.165) is 39.5 Å². The highest BCUT2D eigenvalue weighted by atomic mass is 19.1. The molecule has 200 valence electrons. The standard InChI is InChI=1S/C32H28F2N6/c1-17(2)37-22-13-20(15-36-16-22)23-8-5-19-14-35-12-11-25(27(19)28(23)34)32-39-29-24(18-3-6-21(33)7-4-18)9-10-26-30(38-26)31(29)40-32/h3-11,13,15-17,30,35,37-38H,12,14H2,1-2H3,(H,39,40). The molecule has 0 spiro atoms. The number of benzene rings is 2. The number of pyridine rings is 1. The van der Waals surface area contributed by atoms with E-state index < -0.39 is 0 Å². The van der Waals surface area contributed by atoms with Gasteiger partial charge in [-0.05, 0) is 49.2 Å². The normalized spacial score (nSPS) is 17.3. The summed E-state index contributed by atoms with van der Waals surface area (Å²) in [6.07, 6.45) is 9.47. The molecule has 6 nitrogen and oxygen atoms in total. The van der Waals surface area contributed by atoms with Crippen molar-refractivity contribution in [2.24, 2.45) is 0 Å². The van der Waals surface area contributed by atoms with Crippen LogP contribution in [0.5, 0.6) is 0 Å². The van der Waals surface area contributed by atoms with Crippen LogP contribution in [0.15, 0.2) is 78.8 Å². The molecule has 3 aliphatic rings. The van der Waals surface area contributed by atoms with Gasteiger partial charge in [0.2, 0.25) is 0 Å². The molecule has 2 aliphatic heterocycles. The van der Waals surface area contributed by atoms with Crippen molar-refractivity contribution in [2.75, 3.05) is 11.9 Å². The van der Waals surface area contributed by atoms with E-state index in [1.165, 1.54) is 12.1 Å². The van der Waals surface area contributed by atoms with Crippen LogP contribution in [0.4, 0.5) is 14.5 Å². The van der Waals surface area contributed by atoms with E-state index in [2.05, 4.69) is 39.8 Å². The number of allylic oxidation sites excluding steroid dienone is 2. The monoisotopic (exact) mass is 534 g/mol. The molecule has 2 aromatic heterocycles. The maximum atomic E-state index is 16.5. The summed E-state index contributed by atoms with van der Waals surface area (Å²) >= 11 is 0. The predicted octanol–water partition coefficient (Wildman–Crippen LogP) is 6.08. The molecule has 1 unspecified atom stereocenters. The molecule has 40 heavy (non-hydrogen) atoms. The maximum absolute atomic E-state index is 16.5. The number of rotatable bonds is 5. The number of aromatic amines is 1. The summed E-state index contributed by atoms with van der Waals surface area (Å²) in [5, 5.41) is 10.1. The molecular formula is C32H28F2N6.